The van der Waals surface area contributed by atoms with Gasteiger partial charge in [-0.05, 0) is 48.2 Å². The molecular weight excluding hydrogens is 446 g/mol. The summed E-state index contributed by atoms with van der Waals surface area (Å²) in [5, 5.41) is 14.3. The summed E-state index contributed by atoms with van der Waals surface area (Å²) in [5.74, 6) is -0.631. The van der Waals surface area contributed by atoms with E-state index in [-0.39, 0.29) is 24.8 Å². The summed E-state index contributed by atoms with van der Waals surface area (Å²) in [4.78, 5) is 23.5. The van der Waals surface area contributed by atoms with Crippen LogP contribution in [0.2, 0.25) is 0 Å². The number of unbranched alkanes of at least 4 members (excludes halogenated alkanes) is 3. The third-order valence-corrected chi connectivity index (χ3v) is 5.71. The second-order valence-corrected chi connectivity index (χ2v) is 8.25. The van der Waals surface area contributed by atoms with Crippen molar-refractivity contribution < 1.29 is 19.4 Å². The maximum atomic E-state index is 12.3. The standard InChI is InChI=1S/C24H30BrNO4/c1-3-4-5-6-16-24(29,20-11-13-21(25)14-12-20)19-9-7-18(8-10-19)23(28)26-17-15-22(27)30-2/h7-14,29H,3-6,15-17H2,1-2H3,(H,26,28)/t24-/m1/s1. The molecule has 5 nitrogen and oxygen atoms in total. The number of amides is 1. The number of halogens is 1. The molecule has 0 aliphatic heterocycles. The fourth-order valence-electron chi connectivity index (χ4n) is 3.37. The Kier molecular flexibility index (Phi) is 9.53. The Bertz CT molecular complexity index is 820. The molecule has 2 aromatic rings. The van der Waals surface area contributed by atoms with E-state index in [4.69, 9.17) is 0 Å². The van der Waals surface area contributed by atoms with Crippen molar-refractivity contribution in [1.82, 2.24) is 5.32 Å². The van der Waals surface area contributed by atoms with Crippen LogP contribution in [0.4, 0.5) is 0 Å². The summed E-state index contributed by atoms with van der Waals surface area (Å²) in [6.07, 6.45) is 4.99. The number of methoxy groups -OCH3 is 1. The lowest BCUT2D eigenvalue weighted by Gasteiger charge is -2.30. The van der Waals surface area contributed by atoms with Crippen molar-refractivity contribution in [2.24, 2.45) is 0 Å². The van der Waals surface area contributed by atoms with E-state index in [1.165, 1.54) is 7.11 Å². The van der Waals surface area contributed by atoms with Gasteiger partial charge in [0.05, 0.1) is 13.5 Å². The SMILES string of the molecule is CCCCCC[C@](O)(c1ccc(Br)cc1)c1ccc(C(=O)NCCC(=O)OC)cc1. The molecule has 0 aliphatic rings. The molecule has 0 heterocycles. The van der Waals surface area contributed by atoms with Gasteiger partial charge in [-0.3, -0.25) is 9.59 Å². The normalized spacial score (nSPS) is 12.8. The van der Waals surface area contributed by atoms with E-state index < -0.39 is 5.60 Å². The predicted molar refractivity (Wildman–Crippen MR) is 121 cm³/mol. The van der Waals surface area contributed by atoms with Crippen LogP contribution in [0.5, 0.6) is 0 Å². The number of carbonyl (C=O) groups excluding carboxylic acids is 2. The summed E-state index contributed by atoms with van der Waals surface area (Å²) in [7, 11) is 1.32. The van der Waals surface area contributed by atoms with E-state index in [1.807, 2.05) is 24.3 Å². The van der Waals surface area contributed by atoms with E-state index in [9.17, 15) is 14.7 Å². The maximum Gasteiger partial charge on any atom is 0.307 e. The average Bonchev–Trinajstić information content (AvgIpc) is 2.77. The fraction of sp³-hybridized carbons (Fsp3) is 0.417. The summed E-state index contributed by atoms with van der Waals surface area (Å²) < 4.78 is 5.52. The first-order chi connectivity index (χ1) is 14.4. The summed E-state index contributed by atoms with van der Waals surface area (Å²) >= 11 is 3.45. The first-order valence-corrected chi connectivity index (χ1v) is 11.1. The highest BCUT2D eigenvalue weighted by Crippen LogP contribution is 2.35. The van der Waals surface area contributed by atoms with Gasteiger partial charge in [-0.2, -0.15) is 0 Å². The van der Waals surface area contributed by atoms with Crippen molar-refractivity contribution in [3.05, 3.63) is 69.7 Å². The maximum absolute atomic E-state index is 12.3. The highest BCUT2D eigenvalue weighted by atomic mass is 79.9. The van der Waals surface area contributed by atoms with Crippen LogP contribution < -0.4 is 5.32 Å². The van der Waals surface area contributed by atoms with E-state index in [0.29, 0.717) is 12.0 Å². The average molecular weight is 476 g/mol. The molecule has 0 radical (unpaired) electrons. The van der Waals surface area contributed by atoms with Crippen LogP contribution in [-0.2, 0) is 15.1 Å². The van der Waals surface area contributed by atoms with Gasteiger partial charge in [0.15, 0.2) is 0 Å². The Morgan fingerprint density at radius 3 is 2.17 bits per heavy atom. The van der Waals surface area contributed by atoms with Gasteiger partial charge >= 0.3 is 5.97 Å². The lowest BCUT2D eigenvalue weighted by Crippen LogP contribution is -2.28. The Morgan fingerprint density at radius 1 is 1.00 bits per heavy atom. The highest BCUT2D eigenvalue weighted by Gasteiger charge is 2.31. The molecule has 0 aliphatic carbocycles. The van der Waals surface area contributed by atoms with Gasteiger partial charge in [-0.1, -0.05) is 66.4 Å². The minimum absolute atomic E-state index is 0.126. The number of benzene rings is 2. The number of esters is 1. The number of hydrogen-bond acceptors (Lipinski definition) is 4. The number of carbonyl (C=O) groups is 2. The Balaban J connectivity index is 2.16. The van der Waals surface area contributed by atoms with Crippen molar-refractivity contribution in [3.63, 3.8) is 0 Å². The first kappa shape index (κ1) is 24.1. The molecule has 2 aromatic carbocycles. The van der Waals surface area contributed by atoms with E-state index in [2.05, 4.69) is 32.9 Å². The van der Waals surface area contributed by atoms with Gasteiger partial charge in [0, 0.05) is 16.6 Å². The molecule has 0 unspecified atom stereocenters. The smallest absolute Gasteiger partial charge is 0.307 e. The molecule has 0 fully saturated rings. The fourth-order valence-corrected chi connectivity index (χ4v) is 3.63. The highest BCUT2D eigenvalue weighted by molar-refractivity contribution is 9.10. The Morgan fingerprint density at radius 2 is 1.60 bits per heavy atom. The van der Waals surface area contributed by atoms with Gasteiger partial charge in [0.1, 0.15) is 5.60 Å². The van der Waals surface area contributed by atoms with Gasteiger partial charge in [0.25, 0.3) is 5.91 Å². The molecule has 0 spiro atoms. The van der Waals surface area contributed by atoms with E-state index in [0.717, 1.165) is 41.3 Å². The summed E-state index contributed by atoms with van der Waals surface area (Å²) in [5.41, 5.74) is 0.951. The molecule has 30 heavy (non-hydrogen) atoms. The minimum Gasteiger partial charge on any atom is -0.469 e. The molecule has 162 valence electrons. The Labute approximate surface area is 187 Å². The molecule has 1 amide bonds. The van der Waals surface area contributed by atoms with Crippen LogP contribution >= 0.6 is 15.9 Å². The van der Waals surface area contributed by atoms with Crippen LogP contribution in [0.15, 0.2) is 53.0 Å². The van der Waals surface area contributed by atoms with Crippen molar-refractivity contribution in [2.45, 2.75) is 51.0 Å². The van der Waals surface area contributed by atoms with Crippen LogP contribution in [0.1, 0.15) is 66.9 Å². The van der Waals surface area contributed by atoms with E-state index in [1.54, 1.807) is 24.3 Å². The quantitative estimate of drug-likeness (QED) is 0.356. The number of rotatable bonds is 11. The van der Waals surface area contributed by atoms with Crippen molar-refractivity contribution in [1.29, 1.82) is 0 Å². The molecular formula is C24H30BrNO4. The van der Waals surface area contributed by atoms with Gasteiger partial charge < -0.3 is 15.2 Å². The Hall–Kier alpha value is -2.18. The molecule has 0 saturated heterocycles. The summed E-state index contributed by atoms with van der Waals surface area (Å²) in [6, 6.07) is 14.7. The zero-order valence-electron chi connectivity index (χ0n) is 17.6. The van der Waals surface area contributed by atoms with Crippen molar-refractivity contribution in [3.8, 4) is 0 Å². The lowest BCUT2D eigenvalue weighted by molar-refractivity contribution is -0.140. The van der Waals surface area contributed by atoms with E-state index >= 15 is 0 Å². The van der Waals surface area contributed by atoms with Crippen LogP contribution in [0.3, 0.4) is 0 Å². The van der Waals surface area contributed by atoms with Crippen molar-refractivity contribution >= 4 is 27.8 Å². The monoisotopic (exact) mass is 475 g/mol. The largest absolute Gasteiger partial charge is 0.469 e. The molecule has 1 atom stereocenters. The number of aliphatic hydroxyl groups is 1. The third kappa shape index (κ3) is 6.67. The number of hydrogen-bond donors (Lipinski definition) is 2. The number of nitrogens with one attached hydrogen (secondary N) is 1. The predicted octanol–water partition coefficient (Wildman–Crippen LogP) is 4.95. The first-order valence-electron chi connectivity index (χ1n) is 10.3. The second kappa shape index (κ2) is 11.9. The minimum atomic E-state index is -1.12. The van der Waals surface area contributed by atoms with Gasteiger partial charge in [0.2, 0.25) is 0 Å². The van der Waals surface area contributed by atoms with Gasteiger partial charge in [-0.25, -0.2) is 0 Å². The summed E-state index contributed by atoms with van der Waals surface area (Å²) in [6.45, 7) is 2.38. The lowest BCUT2D eigenvalue weighted by atomic mass is 9.81. The third-order valence-electron chi connectivity index (χ3n) is 5.18. The molecule has 6 heteroatoms. The molecule has 2 N–H and O–H groups in total. The van der Waals surface area contributed by atoms with Gasteiger partial charge in [-0.15, -0.1) is 0 Å². The zero-order chi connectivity index (χ0) is 22.0. The second-order valence-electron chi connectivity index (χ2n) is 7.34. The molecule has 0 saturated carbocycles. The van der Waals surface area contributed by atoms with Crippen LogP contribution in [0, 0.1) is 0 Å². The molecule has 0 bridgehead atoms. The number of ether oxygens (including phenoxy) is 1. The van der Waals surface area contributed by atoms with Crippen molar-refractivity contribution in [2.75, 3.05) is 13.7 Å². The molecule has 0 aromatic heterocycles. The van der Waals surface area contributed by atoms with Crippen LogP contribution in [0.25, 0.3) is 0 Å². The zero-order valence-corrected chi connectivity index (χ0v) is 19.2. The molecule has 2 rings (SSSR count). The topological polar surface area (TPSA) is 75.6 Å². The van der Waals surface area contributed by atoms with Crippen LogP contribution in [-0.4, -0.2) is 30.6 Å².